The topological polar surface area (TPSA) is 35.9 Å². The number of aliphatic hydroxyl groups excluding tert-OH is 1. The van der Waals surface area contributed by atoms with Gasteiger partial charge in [0.05, 0.1) is 11.7 Å². The fraction of sp³-hybridized carbons (Fsp3) is 1.00. The van der Waals surface area contributed by atoms with Crippen LogP contribution in [-0.4, -0.2) is 84.5 Å². The fourth-order valence-corrected chi connectivity index (χ4v) is 5.59. The second kappa shape index (κ2) is 6.75. The molecule has 21 heavy (non-hydrogen) atoms. The summed E-state index contributed by atoms with van der Waals surface area (Å²) in [5.41, 5.74) is 0.0732. The number of aliphatic hydroxyl groups is 1. The molecule has 0 aromatic rings. The molecule has 0 saturated carbocycles. The van der Waals surface area contributed by atoms with Gasteiger partial charge in [-0.25, -0.2) is 0 Å². The maximum absolute atomic E-state index is 11.0. The lowest BCUT2D eigenvalue weighted by Crippen LogP contribution is -2.52. The third-order valence-electron chi connectivity index (χ3n) is 5.59. The number of thioether (sulfide) groups is 1. The minimum absolute atomic E-state index is 0.0732. The van der Waals surface area contributed by atoms with Crippen LogP contribution in [0.1, 0.15) is 25.7 Å². The summed E-state index contributed by atoms with van der Waals surface area (Å²) in [6.07, 6.45) is 4.21. The van der Waals surface area contributed by atoms with Gasteiger partial charge >= 0.3 is 0 Å². The monoisotopic (exact) mass is 314 g/mol. The Kier molecular flexibility index (Phi) is 5.16. The van der Waals surface area contributed by atoms with Crippen LogP contribution in [0.5, 0.6) is 0 Å². The van der Waals surface area contributed by atoms with Crippen LogP contribution >= 0.6 is 11.8 Å². The summed E-state index contributed by atoms with van der Waals surface area (Å²) in [4.78, 5) is 4.75. The van der Waals surface area contributed by atoms with Crippen LogP contribution in [0.2, 0.25) is 0 Å². The average molecular weight is 314 g/mol. The van der Waals surface area contributed by atoms with Crippen LogP contribution < -0.4 is 0 Å². The first-order valence-corrected chi connectivity index (χ1v) is 9.54. The maximum atomic E-state index is 11.0. The van der Waals surface area contributed by atoms with Gasteiger partial charge in [0.15, 0.2) is 0 Å². The molecule has 0 aromatic carbocycles. The molecule has 0 radical (unpaired) electrons. The number of ether oxygens (including phenoxy) is 1. The third-order valence-corrected chi connectivity index (χ3v) is 6.81. The second-order valence-electron chi connectivity index (χ2n) is 7.24. The quantitative estimate of drug-likeness (QED) is 0.831. The van der Waals surface area contributed by atoms with E-state index in [1.54, 1.807) is 0 Å². The van der Waals surface area contributed by atoms with Crippen LogP contribution in [0.25, 0.3) is 0 Å². The van der Waals surface area contributed by atoms with Crippen molar-refractivity contribution in [1.82, 2.24) is 9.80 Å². The zero-order chi connectivity index (χ0) is 14.9. The van der Waals surface area contributed by atoms with Gasteiger partial charge in [0, 0.05) is 24.9 Å². The molecular weight excluding hydrogens is 284 g/mol. The summed E-state index contributed by atoms with van der Waals surface area (Å²) in [5.74, 6) is 2.74. The van der Waals surface area contributed by atoms with E-state index in [-0.39, 0.29) is 17.7 Å². The van der Waals surface area contributed by atoms with Crippen molar-refractivity contribution in [3.05, 3.63) is 0 Å². The third kappa shape index (κ3) is 3.58. The van der Waals surface area contributed by atoms with Gasteiger partial charge in [-0.3, -0.25) is 4.90 Å². The fourth-order valence-electron chi connectivity index (χ4n) is 4.21. The molecule has 5 heteroatoms. The highest BCUT2D eigenvalue weighted by molar-refractivity contribution is 7.99. The van der Waals surface area contributed by atoms with Crippen molar-refractivity contribution in [3.8, 4) is 0 Å². The van der Waals surface area contributed by atoms with E-state index in [0.717, 1.165) is 44.8 Å². The van der Waals surface area contributed by atoms with Crippen LogP contribution in [-0.2, 0) is 4.74 Å². The average Bonchev–Trinajstić information content (AvgIpc) is 2.84. The first-order valence-electron chi connectivity index (χ1n) is 8.38. The van der Waals surface area contributed by atoms with Gasteiger partial charge < -0.3 is 14.7 Å². The van der Waals surface area contributed by atoms with Crippen molar-refractivity contribution in [3.63, 3.8) is 0 Å². The molecule has 3 heterocycles. The van der Waals surface area contributed by atoms with Crippen molar-refractivity contribution in [2.24, 2.45) is 5.92 Å². The Morgan fingerprint density at radius 1 is 1.33 bits per heavy atom. The normalized spacial score (nSPS) is 41.3. The van der Waals surface area contributed by atoms with Crippen molar-refractivity contribution in [2.45, 2.75) is 43.4 Å². The van der Waals surface area contributed by atoms with E-state index in [4.69, 9.17) is 4.74 Å². The van der Waals surface area contributed by atoms with Crippen LogP contribution in [0.4, 0.5) is 0 Å². The van der Waals surface area contributed by atoms with Gasteiger partial charge in [-0.05, 0) is 64.5 Å². The van der Waals surface area contributed by atoms with Crippen LogP contribution in [0, 0.1) is 5.92 Å². The lowest BCUT2D eigenvalue weighted by molar-refractivity contribution is -0.112. The lowest BCUT2D eigenvalue weighted by atomic mass is 9.80. The van der Waals surface area contributed by atoms with E-state index in [1.165, 1.54) is 18.6 Å². The van der Waals surface area contributed by atoms with Crippen LogP contribution in [0.15, 0.2) is 0 Å². The Morgan fingerprint density at radius 2 is 2.19 bits per heavy atom. The molecule has 4 atom stereocenters. The molecule has 3 aliphatic heterocycles. The second-order valence-corrected chi connectivity index (χ2v) is 8.35. The zero-order valence-corrected chi connectivity index (χ0v) is 14.3. The molecule has 3 saturated heterocycles. The van der Waals surface area contributed by atoms with Gasteiger partial charge in [-0.1, -0.05) is 0 Å². The van der Waals surface area contributed by atoms with E-state index >= 15 is 0 Å². The molecule has 4 nitrogen and oxygen atoms in total. The van der Waals surface area contributed by atoms with Gasteiger partial charge in [-0.15, -0.1) is 0 Å². The van der Waals surface area contributed by atoms with Gasteiger partial charge in [0.1, 0.15) is 0 Å². The summed E-state index contributed by atoms with van der Waals surface area (Å²) < 4.78 is 6.11. The Bertz CT molecular complexity index is 349. The summed E-state index contributed by atoms with van der Waals surface area (Å²) in [5, 5.41) is 11.0. The van der Waals surface area contributed by atoms with E-state index in [2.05, 4.69) is 23.9 Å². The SMILES string of the molecule is CN1CCCN(C)C(C(O)C2CCOC3(CCSC3)C2)C1. The maximum Gasteiger partial charge on any atom is 0.0783 e. The molecule has 3 fully saturated rings. The van der Waals surface area contributed by atoms with E-state index < -0.39 is 0 Å². The molecule has 3 aliphatic rings. The van der Waals surface area contributed by atoms with Crippen molar-refractivity contribution < 1.29 is 9.84 Å². The Hall–Kier alpha value is 0.190. The molecule has 0 bridgehead atoms. The van der Waals surface area contributed by atoms with E-state index in [1.807, 2.05) is 11.8 Å². The Labute approximate surface area is 133 Å². The van der Waals surface area contributed by atoms with Gasteiger partial charge in [0.2, 0.25) is 0 Å². The molecule has 4 unspecified atom stereocenters. The first kappa shape index (κ1) is 16.1. The summed E-state index contributed by atoms with van der Waals surface area (Å²) in [6.45, 7) is 4.05. The van der Waals surface area contributed by atoms with E-state index in [9.17, 15) is 5.11 Å². The molecule has 0 aromatic heterocycles. The van der Waals surface area contributed by atoms with Gasteiger partial charge in [-0.2, -0.15) is 11.8 Å². The summed E-state index contributed by atoms with van der Waals surface area (Å²) >= 11 is 2.01. The minimum Gasteiger partial charge on any atom is -0.391 e. The number of rotatable bonds is 2. The first-order chi connectivity index (χ1) is 10.1. The molecule has 1 N–H and O–H groups in total. The molecule has 1 spiro atoms. The molecule has 3 rings (SSSR count). The number of hydrogen-bond donors (Lipinski definition) is 1. The van der Waals surface area contributed by atoms with Crippen LogP contribution in [0.3, 0.4) is 0 Å². The highest BCUT2D eigenvalue weighted by atomic mass is 32.2. The molecular formula is C16H30N2O2S. The number of hydrogen-bond acceptors (Lipinski definition) is 5. The predicted molar refractivity (Wildman–Crippen MR) is 87.9 cm³/mol. The zero-order valence-electron chi connectivity index (χ0n) is 13.5. The predicted octanol–water partition coefficient (Wildman–Crippen LogP) is 1.29. The van der Waals surface area contributed by atoms with Crippen molar-refractivity contribution >= 4 is 11.8 Å². The van der Waals surface area contributed by atoms with E-state index in [0.29, 0.717) is 5.92 Å². The Balaban J connectivity index is 1.66. The van der Waals surface area contributed by atoms with Gasteiger partial charge in [0.25, 0.3) is 0 Å². The molecule has 122 valence electrons. The molecule has 0 amide bonds. The largest absolute Gasteiger partial charge is 0.391 e. The minimum atomic E-state index is -0.220. The number of nitrogens with zero attached hydrogens (tertiary/aromatic N) is 2. The lowest BCUT2D eigenvalue weighted by Gasteiger charge is -2.43. The van der Waals surface area contributed by atoms with Crippen molar-refractivity contribution in [1.29, 1.82) is 0 Å². The number of likely N-dealkylation sites (N-methyl/N-ethyl adjacent to an activating group) is 2. The molecule has 0 aliphatic carbocycles. The Morgan fingerprint density at radius 3 is 2.95 bits per heavy atom. The smallest absolute Gasteiger partial charge is 0.0783 e. The highest BCUT2D eigenvalue weighted by Crippen LogP contribution is 2.42. The summed E-state index contributed by atoms with van der Waals surface area (Å²) in [6, 6.07) is 0.270. The van der Waals surface area contributed by atoms with Crippen molar-refractivity contribution in [2.75, 3.05) is 51.8 Å². The summed E-state index contributed by atoms with van der Waals surface area (Å²) in [7, 11) is 4.35. The standard InChI is InChI=1S/C16H30N2O2S/c1-17-6-3-7-18(2)14(11-17)15(19)13-4-8-20-16(10-13)5-9-21-12-16/h13-15,19H,3-12H2,1-2H3. The highest BCUT2D eigenvalue weighted by Gasteiger charge is 2.44.